The third-order valence-electron chi connectivity index (χ3n) is 3.96. The highest BCUT2D eigenvalue weighted by molar-refractivity contribution is 5.43. The molecule has 0 aliphatic carbocycles. The van der Waals surface area contributed by atoms with Crippen molar-refractivity contribution >= 4 is 0 Å². The molecular formula is C16H27NO. The molecule has 2 heteroatoms. The lowest BCUT2D eigenvalue weighted by Gasteiger charge is -2.22. The molecule has 102 valence electrons. The lowest BCUT2D eigenvalue weighted by Crippen LogP contribution is -2.25. The van der Waals surface area contributed by atoms with Crippen molar-refractivity contribution in [3.8, 4) is 5.75 Å². The van der Waals surface area contributed by atoms with E-state index in [-0.39, 0.29) is 0 Å². The second-order valence-corrected chi connectivity index (χ2v) is 5.44. The van der Waals surface area contributed by atoms with Crippen LogP contribution in [0.3, 0.4) is 0 Å². The van der Waals surface area contributed by atoms with Crippen molar-refractivity contribution < 1.29 is 4.74 Å². The molecule has 0 bridgehead atoms. The molecule has 1 atom stereocenters. The fraction of sp³-hybridized carbons (Fsp3) is 0.625. The number of hydrogen-bond donors (Lipinski definition) is 1. The van der Waals surface area contributed by atoms with Gasteiger partial charge in [-0.15, -0.1) is 0 Å². The monoisotopic (exact) mass is 249 g/mol. The largest absolute Gasteiger partial charge is 0.496 e. The zero-order chi connectivity index (χ0) is 13.7. The van der Waals surface area contributed by atoms with Gasteiger partial charge < -0.3 is 10.1 Å². The third kappa shape index (κ3) is 3.49. The van der Waals surface area contributed by atoms with Crippen LogP contribution < -0.4 is 10.1 Å². The van der Waals surface area contributed by atoms with E-state index in [9.17, 15) is 0 Å². The van der Waals surface area contributed by atoms with E-state index in [1.54, 1.807) is 7.11 Å². The molecule has 2 nitrogen and oxygen atoms in total. The van der Waals surface area contributed by atoms with Crippen LogP contribution in [0.5, 0.6) is 5.75 Å². The Kier molecular flexibility index (Phi) is 5.67. The van der Waals surface area contributed by atoms with Crippen molar-refractivity contribution in [1.82, 2.24) is 5.32 Å². The lowest BCUT2D eigenvalue weighted by molar-refractivity contribution is 0.369. The minimum atomic E-state index is 0.682. The van der Waals surface area contributed by atoms with Gasteiger partial charge >= 0.3 is 0 Å². The molecule has 0 heterocycles. The van der Waals surface area contributed by atoms with Crippen molar-refractivity contribution in [1.29, 1.82) is 0 Å². The smallest absolute Gasteiger partial charge is 0.122 e. The molecule has 0 spiro atoms. The Morgan fingerprint density at radius 1 is 1.17 bits per heavy atom. The molecule has 0 aliphatic heterocycles. The van der Waals surface area contributed by atoms with E-state index >= 15 is 0 Å². The van der Waals surface area contributed by atoms with Crippen LogP contribution in [0.15, 0.2) is 12.1 Å². The average Bonchev–Trinajstić information content (AvgIpc) is 2.34. The first kappa shape index (κ1) is 15.0. The van der Waals surface area contributed by atoms with Gasteiger partial charge in [-0.2, -0.15) is 0 Å². The molecule has 18 heavy (non-hydrogen) atoms. The molecule has 1 aromatic rings. The topological polar surface area (TPSA) is 21.3 Å². The van der Waals surface area contributed by atoms with Gasteiger partial charge in [0.1, 0.15) is 5.75 Å². The Bertz CT molecular complexity index is 385. The lowest BCUT2D eigenvalue weighted by atomic mass is 9.86. The predicted octanol–water partition coefficient (Wildman–Crippen LogP) is 3.35. The van der Waals surface area contributed by atoms with E-state index in [4.69, 9.17) is 4.74 Å². The first-order valence-corrected chi connectivity index (χ1v) is 6.78. The zero-order valence-corrected chi connectivity index (χ0v) is 12.6. The molecule has 1 rings (SSSR count). The standard InChI is InChI=1S/C16H27NO/c1-11(2)15(10-17-5)9-14-7-8-16(18-6)13(4)12(14)3/h7-8,11,15,17H,9-10H2,1-6H3. The number of rotatable bonds is 6. The molecule has 0 amide bonds. The number of methoxy groups -OCH3 is 1. The van der Waals surface area contributed by atoms with E-state index in [1.807, 2.05) is 7.05 Å². The van der Waals surface area contributed by atoms with Crippen LogP contribution in [0.2, 0.25) is 0 Å². The summed E-state index contributed by atoms with van der Waals surface area (Å²) in [4.78, 5) is 0. The maximum atomic E-state index is 5.37. The van der Waals surface area contributed by atoms with E-state index in [0.717, 1.165) is 18.7 Å². The van der Waals surface area contributed by atoms with Gasteiger partial charge in [0.15, 0.2) is 0 Å². The van der Waals surface area contributed by atoms with Gasteiger partial charge in [0.25, 0.3) is 0 Å². The van der Waals surface area contributed by atoms with Crippen LogP contribution in [0.1, 0.15) is 30.5 Å². The summed E-state index contributed by atoms with van der Waals surface area (Å²) < 4.78 is 5.37. The Morgan fingerprint density at radius 2 is 1.83 bits per heavy atom. The van der Waals surface area contributed by atoms with Crippen molar-refractivity contribution in [2.24, 2.45) is 11.8 Å². The number of ether oxygens (including phenoxy) is 1. The average molecular weight is 249 g/mol. The fourth-order valence-corrected chi connectivity index (χ4v) is 2.38. The normalized spacial score (nSPS) is 12.8. The molecule has 0 aliphatic rings. The summed E-state index contributed by atoms with van der Waals surface area (Å²) >= 11 is 0. The molecule has 0 saturated heterocycles. The Balaban J connectivity index is 2.93. The maximum absolute atomic E-state index is 5.37. The Morgan fingerprint density at radius 3 is 2.33 bits per heavy atom. The first-order valence-electron chi connectivity index (χ1n) is 6.78. The molecule has 1 unspecified atom stereocenters. The first-order chi connectivity index (χ1) is 8.51. The number of hydrogen-bond acceptors (Lipinski definition) is 2. The van der Waals surface area contributed by atoms with Crippen LogP contribution in [-0.2, 0) is 6.42 Å². The fourth-order valence-electron chi connectivity index (χ4n) is 2.38. The highest BCUT2D eigenvalue weighted by Crippen LogP contribution is 2.27. The quantitative estimate of drug-likeness (QED) is 0.835. The van der Waals surface area contributed by atoms with Crippen LogP contribution in [-0.4, -0.2) is 20.7 Å². The van der Waals surface area contributed by atoms with Gasteiger partial charge in [-0.25, -0.2) is 0 Å². The van der Waals surface area contributed by atoms with Gasteiger partial charge in [0.05, 0.1) is 7.11 Å². The summed E-state index contributed by atoms with van der Waals surface area (Å²) in [6.07, 6.45) is 1.13. The summed E-state index contributed by atoms with van der Waals surface area (Å²) in [7, 11) is 3.76. The van der Waals surface area contributed by atoms with E-state index in [2.05, 4.69) is 45.1 Å². The van der Waals surface area contributed by atoms with E-state index < -0.39 is 0 Å². The van der Waals surface area contributed by atoms with Crippen molar-refractivity contribution in [2.45, 2.75) is 34.1 Å². The molecular weight excluding hydrogens is 222 g/mol. The van der Waals surface area contributed by atoms with Crippen molar-refractivity contribution in [3.05, 3.63) is 28.8 Å². The minimum absolute atomic E-state index is 0.682. The van der Waals surface area contributed by atoms with Crippen LogP contribution in [0.4, 0.5) is 0 Å². The van der Waals surface area contributed by atoms with Gasteiger partial charge in [0, 0.05) is 0 Å². The highest BCUT2D eigenvalue weighted by Gasteiger charge is 2.15. The summed E-state index contributed by atoms with van der Waals surface area (Å²) in [5, 5.41) is 3.30. The van der Waals surface area contributed by atoms with E-state index in [1.165, 1.54) is 16.7 Å². The molecule has 1 N–H and O–H groups in total. The molecule has 0 aromatic heterocycles. The highest BCUT2D eigenvalue weighted by atomic mass is 16.5. The summed E-state index contributed by atoms with van der Waals surface area (Å²) in [5.41, 5.74) is 4.08. The SMILES string of the molecule is CNCC(Cc1ccc(OC)c(C)c1C)C(C)C. The molecule has 0 fully saturated rings. The summed E-state index contributed by atoms with van der Waals surface area (Å²) in [5.74, 6) is 2.37. The van der Waals surface area contributed by atoms with Gasteiger partial charge in [-0.05, 0) is 68.5 Å². The van der Waals surface area contributed by atoms with Gasteiger partial charge in [0.2, 0.25) is 0 Å². The van der Waals surface area contributed by atoms with Crippen molar-refractivity contribution in [2.75, 3.05) is 20.7 Å². The van der Waals surface area contributed by atoms with Gasteiger partial charge in [-0.1, -0.05) is 19.9 Å². The second kappa shape index (κ2) is 6.79. The maximum Gasteiger partial charge on any atom is 0.122 e. The Hall–Kier alpha value is -1.02. The predicted molar refractivity (Wildman–Crippen MR) is 78.4 cm³/mol. The molecule has 0 radical (unpaired) electrons. The zero-order valence-electron chi connectivity index (χ0n) is 12.6. The summed E-state index contributed by atoms with van der Waals surface area (Å²) in [6.45, 7) is 10.0. The second-order valence-electron chi connectivity index (χ2n) is 5.44. The Labute approximate surface area is 112 Å². The number of benzene rings is 1. The summed E-state index contributed by atoms with van der Waals surface area (Å²) in [6, 6.07) is 4.31. The van der Waals surface area contributed by atoms with Gasteiger partial charge in [-0.3, -0.25) is 0 Å². The third-order valence-corrected chi connectivity index (χ3v) is 3.96. The van der Waals surface area contributed by atoms with Crippen molar-refractivity contribution in [3.63, 3.8) is 0 Å². The molecule has 1 aromatic carbocycles. The number of nitrogens with one attached hydrogen (secondary N) is 1. The molecule has 0 saturated carbocycles. The minimum Gasteiger partial charge on any atom is -0.496 e. The van der Waals surface area contributed by atoms with Crippen LogP contribution in [0, 0.1) is 25.7 Å². The van der Waals surface area contributed by atoms with Crippen LogP contribution >= 0.6 is 0 Å². The van der Waals surface area contributed by atoms with E-state index in [0.29, 0.717) is 11.8 Å². The van der Waals surface area contributed by atoms with Crippen LogP contribution in [0.25, 0.3) is 0 Å².